The summed E-state index contributed by atoms with van der Waals surface area (Å²) in [6, 6.07) is 14.7. The summed E-state index contributed by atoms with van der Waals surface area (Å²) in [5.41, 5.74) is 1.58. The highest BCUT2D eigenvalue weighted by atomic mass is 35.5. The fourth-order valence-electron chi connectivity index (χ4n) is 1.95. The van der Waals surface area contributed by atoms with Crippen molar-refractivity contribution < 1.29 is 9.15 Å². The standard InChI is InChI=1S/C17H13ClN2O2/c1-2-9-21-15-8-4-6-13(11-15)17-20-19-16(22-17)12-5-3-7-14(18)10-12/h2-8,10-11H,1,9H2. The zero-order valence-corrected chi connectivity index (χ0v) is 12.5. The van der Waals surface area contributed by atoms with Gasteiger partial charge in [-0.2, -0.15) is 0 Å². The van der Waals surface area contributed by atoms with Crippen molar-refractivity contribution in [2.24, 2.45) is 0 Å². The first kappa shape index (κ1) is 14.4. The topological polar surface area (TPSA) is 48.2 Å². The Morgan fingerprint density at radius 3 is 2.41 bits per heavy atom. The third-order valence-electron chi connectivity index (χ3n) is 2.95. The third kappa shape index (κ3) is 3.18. The molecule has 0 radical (unpaired) electrons. The zero-order chi connectivity index (χ0) is 15.4. The predicted octanol–water partition coefficient (Wildman–Crippen LogP) is 4.62. The maximum atomic E-state index is 5.97. The molecule has 22 heavy (non-hydrogen) atoms. The summed E-state index contributed by atoms with van der Waals surface area (Å²) in [5, 5.41) is 8.76. The monoisotopic (exact) mass is 312 g/mol. The van der Waals surface area contributed by atoms with Crippen molar-refractivity contribution in [1.82, 2.24) is 10.2 Å². The van der Waals surface area contributed by atoms with Gasteiger partial charge in [-0.25, -0.2) is 0 Å². The van der Waals surface area contributed by atoms with Gasteiger partial charge in [0.2, 0.25) is 11.8 Å². The molecule has 0 fully saturated rings. The van der Waals surface area contributed by atoms with Crippen LogP contribution in [0.3, 0.4) is 0 Å². The van der Waals surface area contributed by atoms with Crippen LogP contribution in [0.1, 0.15) is 0 Å². The van der Waals surface area contributed by atoms with E-state index in [1.54, 1.807) is 18.2 Å². The fourth-order valence-corrected chi connectivity index (χ4v) is 2.14. The van der Waals surface area contributed by atoms with Crippen LogP contribution in [0.25, 0.3) is 22.9 Å². The molecule has 0 bridgehead atoms. The number of aromatic nitrogens is 2. The number of hydrogen-bond acceptors (Lipinski definition) is 4. The Kier molecular flexibility index (Phi) is 4.21. The van der Waals surface area contributed by atoms with E-state index in [1.165, 1.54) is 0 Å². The Morgan fingerprint density at radius 2 is 1.73 bits per heavy atom. The highest BCUT2D eigenvalue weighted by Crippen LogP contribution is 2.27. The van der Waals surface area contributed by atoms with E-state index >= 15 is 0 Å². The molecule has 3 aromatic rings. The molecule has 110 valence electrons. The van der Waals surface area contributed by atoms with Gasteiger partial charge < -0.3 is 9.15 Å². The second-order valence-corrected chi connectivity index (χ2v) is 4.99. The first-order valence-electron chi connectivity index (χ1n) is 6.70. The van der Waals surface area contributed by atoms with E-state index < -0.39 is 0 Å². The van der Waals surface area contributed by atoms with Crippen LogP contribution in [0.15, 0.2) is 65.6 Å². The van der Waals surface area contributed by atoms with Crippen LogP contribution < -0.4 is 4.74 Å². The minimum atomic E-state index is 0.426. The summed E-state index contributed by atoms with van der Waals surface area (Å²) in [7, 11) is 0. The van der Waals surface area contributed by atoms with Gasteiger partial charge in [0.15, 0.2) is 0 Å². The molecule has 5 heteroatoms. The van der Waals surface area contributed by atoms with Crippen molar-refractivity contribution in [1.29, 1.82) is 0 Å². The normalized spacial score (nSPS) is 10.4. The molecule has 0 N–H and O–H groups in total. The zero-order valence-electron chi connectivity index (χ0n) is 11.7. The smallest absolute Gasteiger partial charge is 0.248 e. The quantitative estimate of drug-likeness (QED) is 0.645. The number of hydrogen-bond donors (Lipinski definition) is 0. The average molecular weight is 313 g/mol. The van der Waals surface area contributed by atoms with Gasteiger partial charge >= 0.3 is 0 Å². The van der Waals surface area contributed by atoms with Crippen molar-refractivity contribution >= 4 is 11.6 Å². The lowest BCUT2D eigenvalue weighted by Crippen LogP contribution is -1.92. The molecule has 1 aromatic heterocycles. The van der Waals surface area contributed by atoms with E-state index in [9.17, 15) is 0 Å². The van der Waals surface area contributed by atoms with Crippen molar-refractivity contribution in [2.75, 3.05) is 6.61 Å². The summed E-state index contributed by atoms with van der Waals surface area (Å²) < 4.78 is 11.2. The Balaban J connectivity index is 1.89. The lowest BCUT2D eigenvalue weighted by molar-refractivity contribution is 0.363. The number of ether oxygens (including phenoxy) is 1. The van der Waals surface area contributed by atoms with Gasteiger partial charge in [-0.05, 0) is 36.4 Å². The highest BCUT2D eigenvalue weighted by Gasteiger charge is 2.11. The van der Waals surface area contributed by atoms with Gasteiger partial charge in [0.05, 0.1) is 0 Å². The van der Waals surface area contributed by atoms with Crippen LogP contribution in [0.4, 0.5) is 0 Å². The van der Waals surface area contributed by atoms with Crippen LogP contribution >= 0.6 is 11.6 Å². The Hall–Kier alpha value is -2.59. The molecule has 0 amide bonds. The minimum absolute atomic E-state index is 0.426. The maximum Gasteiger partial charge on any atom is 0.248 e. The number of nitrogens with zero attached hydrogens (tertiary/aromatic N) is 2. The molecule has 3 rings (SSSR count). The molecule has 0 aliphatic carbocycles. The van der Waals surface area contributed by atoms with Gasteiger partial charge in [-0.15, -0.1) is 10.2 Å². The fraction of sp³-hybridized carbons (Fsp3) is 0.0588. The molecule has 0 aliphatic rings. The van der Waals surface area contributed by atoms with Crippen LogP contribution in [0.5, 0.6) is 5.75 Å². The van der Waals surface area contributed by atoms with Crippen LogP contribution in [-0.2, 0) is 0 Å². The summed E-state index contributed by atoms with van der Waals surface area (Å²) in [6.45, 7) is 4.07. The summed E-state index contributed by atoms with van der Waals surface area (Å²) in [4.78, 5) is 0. The van der Waals surface area contributed by atoms with Gasteiger partial charge in [0.25, 0.3) is 0 Å². The number of benzene rings is 2. The molecular formula is C17H13ClN2O2. The molecule has 0 saturated heterocycles. The van der Waals surface area contributed by atoms with Crippen LogP contribution in [0.2, 0.25) is 5.02 Å². The SMILES string of the molecule is C=CCOc1cccc(-c2nnc(-c3cccc(Cl)c3)o2)c1. The Bertz CT molecular complexity index is 799. The van der Waals surface area contributed by atoms with Gasteiger partial charge in [-0.1, -0.05) is 36.4 Å². The lowest BCUT2D eigenvalue weighted by atomic mass is 10.2. The molecular weight excluding hydrogens is 300 g/mol. The van der Waals surface area contributed by atoms with Gasteiger partial charge in [-0.3, -0.25) is 0 Å². The predicted molar refractivity (Wildman–Crippen MR) is 85.9 cm³/mol. The van der Waals surface area contributed by atoms with Crippen molar-refractivity contribution in [3.63, 3.8) is 0 Å². The van der Waals surface area contributed by atoms with E-state index in [0.717, 1.165) is 16.9 Å². The maximum absolute atomic E-state index is 5.97. The first-order chi connectivity index (χ1) is 10.8. The largest absolute Gasteiger partial charge is 0.490 e. The molecule has 2 aromatic carbocycles. The summed E-state index contributed by atoms with van der Waals surface area (Å²) in [6.07, 6.45) is 1.69. The third-order valence-corrected chi connectivity index (χ3v) is 3.18. The molecule has 0 unspecified atom stereocenters. The molecule has 1 heterocycles. The summed E-state index contributed by atoms with van der Waals surface area (Å²) in [5.74, 6) is 1.58. The van der Waals surface area contributed by atoms with E-state index in [-0.39, 0.29) is 0 Å². The Morgan fingerprint density at radius 1 is 1.05 bits per heavy atom. The van der Waals surface area contributed by atoms with Crippen molar-refractivity contribution in [3.05, 3.63) is 66.2 Å². The highest BCUT2D eigenvalue weighted by molar-refractivity contribution is 6.30. The second-order valence-electron chi connectivity index (χ2n) is 4.55. The van der Waals surface area contributed by atoms with Crippen molar-refractivity contribution in [3.8, 4) is 28.7 Å². The van der Waals surface area contributed by atoms with Gasteiger partial charge in [0, 0.05) is 16.1 Å². The van der Waals surface area contributed by atoms with Crippen molar-refractivity contribution in [2.45, 2.75) is 0 Å². The lowest BCUT2D eigenvalue weighted by Gasteiger charge is -2.03. The molecule has 0 spiro atoms. The molecule has 0 aliphatic heterocycles. The average Bonchev–Trinajstić information content (AvgIpc) is 3.03. The second kappa shape index (κ2) is 6.45. The van der Waals surface area contributed by atoms with E-state index in [0.29, 0.717) is 23.4 Å². The minimum Gasteiger partial charge on any atom is -0.490 e. The first-order valence-corrected chi connectivity index (χ1v) is 7.07. The van der Waals surface area contributed by atoms with E-state index in [4.69, 9.17) is 20.8 Å². The van der Waals surface area contributed by atoms with Gasteiger partial charge in [0.1, 0.15) is 12.4 Å². The van der Waals surface area contributed by atoms with Crippen LogP contribution in [-0.4, -0.2) is 16.8 Å². The van der Waals surface area contributed by atoms with E-state index in [2.05, 4.69) is 16.8 Å². The molecule has 0 saturated carbocycles. The Labute approximate surface area is 133 Å². The summed E-state index contributed by atoms with van der Waals surface area (Å²) >= 11 is 5.97. The molecule has 4 nitrogen and oxygen atoms in total. The molecule has 0 atom stereocenters. The number of halogens is 1. The number of rotatable bonds is 5. The van der Waals surface area contributed by atoms with E-state index in [1.807, 2.05) is 36.4 Å². The van der Waals surface area contributed by atoms with Crippen LogP contribution in [0, 0.1) is 0 Å².